The SMILES string of the molecule is CC(C)c1cc(-c2ccc3c(c2)CCOC3)cc2c1CC(NS(=O)(=O)c1ccc(CN(C)C)cc1)OC2C. The van der Waals surface area contributed by atoms with Crippen LogP contribution in [0.2, 0.25) is 0 Å². The Labute approximate surface area is 227 Å². The Morgan fingerprint density at radius 3 is 2.47 bits per heavy atom. The van der Waals surface area contributed by atoms with Gasteiger partial charge in [0, 0.05) is 13.0 Å². The average molecular weight is 535 g/mol. The minimum absolute atomic E-state index is 0.239. The number of hydrogen-bond donors (Lipinski definition) is 1. The van der Waals surface area contributed by atoms with Crippen LogP contribution in [0.3, 0.4) is 0 Å². The van der Waals surface area contributed by atoms with Gasteiger partial charge >= 0.3 is 0 Å². The van der Waals surface area contributed by atoms with Gasteiger partial charge in [0.05, 0.1) is 24.2 Å². The largest absolute Gasteiger partial charge is 0.376 e. The van der Waals surface area contributed by atoms with E-state index in [1.165, 1.54) is 33.4 Å². The van der Waals surface area contributed by atoms with E-state index in [-0.39, 0.29) is 11.0 Å². The molecule has 0 bridgehead atoms. The Morgan fingerprint density at radius 1 is 1.00 bits per heavy atom. The molecule has 0 aromatic heterocycles. The minimum Gasteiger partial charge on any atom is -0.376 e. The summed E-state index contributed by atoms with van der Waals surface area (Å²) in [6.07, 6.45) is 0.561. The fourth-order valence-electron chi connectivity index (χ4n) is 5.54. The van der Waals surface area contributed by atoms with Crippen LogP contribution in [0.4, 0.5) is 0 Å². The van der Waals surface area contributed by atoms with Gasteiger partial charge in [-0.3, -0.25) is 0 Å². The second kappa shape index (κ2) is 10.9. The van der Waals surface area contributed by atoms with E-state index in [9.17, 15) is 8.42 Å². The molecule has 2 atom stereocenters. The van der Waals surface area contributed by atoms with Gasteiger partial charge in [0.2, 0.25) is 10.0 Å². The maximum atomic E-state index is 13.2. The zero-order chi connectivity index (χ0) is 27.0. The van der Waals surface area contributed by atoms with Crippen molar-refractivity contribution in [2.24, 2.45) is 0 Å². The molecule has 0 amide bonds. The molecule has 7 heteroatoms. The van der Waals surface area contributed by atoms with Crippen molar-refractivity contribution < 1.29 is 17.9 Å². The Morgan fingerprint density at radius 2 is 1.76 bits per heavy atom. The molecule has 0 fully saturated rings. The van der Waals surface area contributed by atoms with Gasteiger partial charge in [0.15, 0.2) is 0 Å². The second-order valence-electron chi connectivity index (χ2n) is 11.0. The first kappa shape index (κ1) is 27.0. The van der Waals surface area contributed by atoms with E-state index in [4.69, 9.17) is 9.47 Å². The summed E-state index contributed by atoms with van der Waals surface area (Å²) in [5.74, 6) is 0.293. The zero-order valence-corrected chi connectivity index (χ0v) is 23.8. The van der Waals surface area contributed by atoms with Crippen molar-refractivity contribution in [2.75, 3.05) is 20.7 Å². The fourth-order valence-corrected chi connectivity index (χ4v) is 6.66. The predicted molar refractivity (Wildman–Crippen MR) is 150 cm³/mol. The van der Waals surface area contributed by atoms with Crippen LogP contribution < -0.4 is 4.72 Å². The van der Waals surface area contributed by atoms with Crippen LogP contribution in [-0.2, 0) is 45.5 Å². The number of nitrogens with one attached hydrogen (secondary N) is 1. The average Bonchev–Trinajstić information content (AvgIpc) is 2.87. The van der Waals surface area contributed by atoms with Crippen molar-refractivity contribution >= 4 is 10.0 Å². The van der Waals surface area contributed by atoms with Gasteiger partial charge in [-0.1, -0.05) is 50.2 Å². The molecule has 2 aliphatic heterocycles. The number of benzene rings is 3. The number of ether oxygens (including phenoxy) is 2. The van der Waals surface area contributed by atoms with E-state index in [0.29, 0.717) is 18.9 Å². The summed E-state index contributed by atoms with van der Waals surface area (Å²) in [6, 6.07) is 18.2. The molecule has 1 N–H and O–H groups in total. The first-order chi connectivity index (χ1) is 18.1. The maximum absolute atomic E-state index is 13.2. The highest BCUT2D eigenvalue weighted by Crippen LogP contribution is 2.39. The fraction of sp³-hybridized carbons (Fsp3) is 0.419. The minimum atomic E-state index is -3.72. The van der Waals surface area contributed by atoms with Crippen LogP contribution in [-0.4, -0.2) is 40.2 Å². The molecular weight excluding hydrogens is 496 g/mol. The van der Waals surface area contributed by atoms with Gasteiger partial charge in [-0.25, -0.2) is 8.42 Å². The molecule has 3 aromatic rings. The Hall–Kier alpha value is -2.55. The molecule has 2 aliphatic rings. The van der Waals surface area contributed by atoms with E-state index in [1.54, 1.807) is 12.1 Å². The van der Waals surface area contributed by atoms with E-state index < -0.39 is 16.3 Å². The van der Waals surface area contributed by atoms with E-state index in [1.807, 2.05) is 33.2 Å². The Kier molecular flexibility index (Phi) is 7.76. The number of rotatable bonds is 7. The molecule has 5 rings (SSSR count). The quantitative estimate of drug-likeness (QED) is 0.431. The van der Waals surface area contributed by atoms with Crippen LogP contribution >= 0.6 is 0 Å². The zero-order valence-electron chi connectivity index (χ0n) is 23.0. The van der Waals surface area contributed by atoms with Crippen LogP contribution in [0.5, 0.6) is 0 Å². The topological polar surface area (TPSA) is 67.9 Å². The summed E-state index contributed by atoms with van der Waals surface area (Å²) in [4.78, 5) is 2.30. The first-order valence-electron chi connectivity index (χ1n) is 13.4. The highest BCUT2D eigenvalue weighted by Gasteiger charge is 2.31. The van der Waals surface area contributed by atoms with Crippen molar-refractivity contribution in [1.29, 1.82) is 0 Å². The van der Waals surface area contributed by atoms with Crippen LogP contribution in [0.1, 0.15) is 66.2 Å². The monoisotopic (exact) mass is 534 g/mol. The third-order valence-corrected chi connectivity index (χ3v) is 8.93. The molecule has 0 radical (unpaired) electrons. The number of fused-ring (bicyclic) bond motifs is 2. The smallest absolute Gasteiger partial charge is 0.242 e. The summed E-state index contributed by atoms with van der Waals surface area (Å²) in [6.45, 7) is 8.59. The normalized spacial score (nSPS) is 19.4. The number of hydrogen-bond acceptors (Lipinski definition) is 5. The molecule has 38 heavy (non-hydrogen) atoms. The lowest BCUT2D eigenvalue weighted by Crippen LogP contribution is -2.41. The summed E-state index contributed by atoms with van der Waals surface area (Å²) >= 11 is 0. The van der Waals surface area contributed by atoms with E-state index in [2.05, 4.69) is 53.8 Å². The summed E-state index contributed by atoms with van der Waals surface area (Å²) in [5.41, 5.74) is 9.61. The molecule has 0 saturated carbocycles. The van der Waals surface area contributed by atoms with Crippen molar-refractivity contribution in [1.82, 2.24) is 9.62 Å². The van der Waals surface area contributed by atoms with Crippen LogP contribution in [0.15, 0.2) is 59.5 Å². The van der Waals surface area contributed by atoms with Crippen LogP contribution in [0, 0.1) is 0 Å². The summed E-state index contributed by atoms with van der Waals surface area (Å²) in [5, 5.41) is 0. The molecule has 2 heterocycles. The van der Waals surface area contributed by atoms with Gasteiger partial charge in [-0.15, -0.1) is 0 Å². The second-order valence-corrected chi connectivity index (χ2v) is 12.8. The van der Waals surface area contributed by atoms with Crippen molar-refractivity contribution in [3.63, 3.8) is 0 Å². The van der Waals surface area contributed by atoms with Gasteiger partial charge < -0.3 is 14.4 Å². The van der Waals surface area contributed by atoms with E-state index >= 15 is 0 Å². The molecule has 3 aromatic carbocycles. The predicted octanol–water partition coefficient (Wildman–Crippen LogP) is 5.55. The third-order valence-electron chi connectivity index (χ3n) is 7.47. The van der Waals surface area contributed by atoms with Gasteiger partial charge in [0.25, 0.3) is 0 Å². The van der Waals surface area contributed by atoms with Gasteiger partial charge in [-0.2, -0.15) is 4.72 Å². The van der Waals surface area contributed by atoms with Crippen molar-refractivity contribution in [2.45, 2.75) is 69.9 Å². The summed E-state index contributed by atoms with van der Waals surface area (Å²) in [7, 11) is 0.254. The van der Waals surface area contributed by atoms with Crippen molar-refractivity contribution in [3.05, 3.63) is 88.0 Å². The van der Waals surface area contributed by atoms with Crippen LogP contribution in [0.25, 0.3) is 11.1 Å². The Bertz CT molecular complexity index is 1400. The standard InChI is InChI=1S/C31H38N2O4S/c1-20(2)28-15-26(23-8-9-25-19-36-13-12-24(25)14-23)16-29-21(3)37-31(17-30(28)29)32-38(34,35)27-10-6-22(7-11-27)18-33(4)5/h6-11,14-16,20-21,31-32H,12-13,17-19H2,1-5H3. The molecule has 0 spiro atoms. The molecule has 6 nitrogen and oxygen atoms in total. The van der Waals surface area contributed by atoms with Gasteiger partial charge in [-0.05, 0) is 96.1 Å². The Balaban J connectivity index is 1.41. The van der Waals surface area contributed by atoms with E-state index in [0.717, 1.165) is 30.7 Å². The number of sulfonamides is 1. The van der Waals surface area contributed by atoms with Crippen molar-refractivity contribution in [3.8, 4) is 11.1 Å². The third kappa shape index (κ3) is 5.72. The lowest BCUT2D eigenvalue weighted by Gasteiger charge is -2.33. The molecular formula is C31H38N2O4S. The highest BCUT2D eigenvalue weighted by atomic mass is 32.2. The first-order valence-corrected chi connectivity index (χ1v) is 14.9. The summed E-state index contributed by atoms with van der Waals surface area (Å²) < 4.78 is 41.1. The lowest BCUT2D eigenvalue weighted by atomic mass is 9.84. The van der Waals surface area contributed by atoms with Gasteiger partial charge in [0.1, 0.15) is 6.23 Å². The molecule has 2 unspecified atom stereocenters. The maximum Gasteiger partial charge on any atom is 0.242 e. The molecule has 0 saturated heterocycles. The number of nitrogens with zero attached hydrogens (tertiary/aromatic N) is 1. The highest BCUT2D eigenvalue weighted by molar-refractivity contribution is 7.89. The lowest BCUT2D eigenvalue weighted by molar-refractivity contribution is -0.0215. The molecule has 202 valence electrons. The molecule has 0 aliphatic carbocycles.